The standard InChI is InChI=1S/C15H16F7N7/c16-12(17)3-7(4-12)15(29-2-1-9(28-29)14(20,21)22)26-10(23)25-11(27-15)24-8-5-13(18,19)6-8/h1-2,7-8H,3-6H2,(H4,23,24,25,26,27). The third kappa shape index (κ3) is 3.59. The Morgan fingerprint density at radius 3 is 2.24 bits per heavy atom. The number of nitrogens with two attached hydrogens (primary N) is 1. The summed E-state index contributed by atoms with van der Waals surface area (Å²) in [5, 5.41) is 8.62. The van der Waals surface area contributed by atoms with Crippen molar-refractivity contribution < 1.29 is 30.7 Å². The molecule has 0 aromatic carbocycles. The van der Waals surface area contributed by atoms with Crippen molar-refractivity contribution in [2.45, 2.75) is 55.5 Å². The van der Waals surface area contributed by atoms with Gasteiger partial charge >= 0.3 is 6.18 Å². The number of guanidine groups is 2. The Morgan fingerprint density at radius 1 is 1.10 bits per heavy atom. The number of hydrogen-bond donors (Lipinski definition) is 3. The van der Waals surface area contributed by atoms with Crippen LogP contribution < -0.4 is 16.4 Å². The van der Waals surface area contributed by atoms with Gasteiger partial charge in [-0.1, -0.05) is 0 Å². The molecule has 0 saturated heterocycles. The van der Waals surface area contributed by atoms with Gasteiger partial charge in [-0.25, -0.2) is 32.2 Å². The highest BCUT2D eigenvalue weighted by atomic mass is 19.4. The highest BCUT2D eigenvalue weighted by Gasteiger charge is 2.59. The molecule has 14 heteroatoms. The molecule has 4 rings (SSSR count). The molecule has 2 saturated carbocycles. The van der Waals surface area contributed by atoms with Gasteiger partial charge in [-0.2, -0.15) is 18.3 Å². The number of alkyl halides is 7. The van der Waals surface area contributed by atoms with Crippen LogP contribution in [-0.2, 0) is 12.0 Å². The zero-order valence-corrected chi connectivity index (χ0v) is 14.6. The number of aromatic nitrogens is 2. The van der Waals surface area contributed by atoms with Crippen LogP contribution in [0.25, 0.3) is 0 Å². The molecular weight excluding hydrogens is 411 g/mol. The minimum absolute atomic E-state index is 0.141. The van der Waals surface area contributed by atoms with Crippen LogP contribution in [0.15, 0.2) is 22.2 Å². The molecule has 1 unspecified atom stereocenters. The van der Waals surface area contributed by atoms with Gasteiger partial charge in [-0.3, -0.25) is 5.32 Å². The second-order valence-electron chi connectivity index (χ2n) is 7.47. The fourth-order valence-electron chi connectivity index (χ4n) is 3.63. The van der Waals surface area contributed by atoms with E-state index in [1.165, 1.54) is 0 Å². The normalized spacial score (nSPS) is 30.7. The molecule has 0 radical (unpaired) electrons. The van der Waals surface area contributed by atoms with Crippen molar-refractivity contribution in [1.29, 1.82) is 0 Å². The Balaban J connectivity index is 1.70. The molecule has 1 atom stereocenters. The SMILES string of the molecule is NC1=NC(C2CC(F)(F)C2)(n2ccc(C(F)(F)F)n2)NC(=NC2CC(F)(F)C2)N1. The van der Waals surface area contributed by atoms with Crippen LogP contribution >= 0.6 is 0 Å². The zero-order chi connectivity index (χ0) is 21.2. The number of aliphatic imine (C=N–C) groups is 2. The van der Waals surface area contributed by atoms with Gasteiger partial charge in [0.15, 0.2) is 11.7 Å². The molecule has 0 bridgehead atoms. The average molecular weight is 427 g/mol. The van der Waals surface area contributed by atoms with E-state index in [1.807, 2.05) is 0 Å². The number of nitrogens with zero attached hydrogens (tertiary/aromatic N) is 4. The number of rotatable bonds is 3. The van der Waals surface area contributed by atoms with Gasteiger partial charge in [0.25, 0.3) is 5.92 Å². The van der Waals surface area contributed by atoms with Crippen LogP contribution in [0, 0.1) is 5.92 Å². The monoisotopic (exact) mass is 427 g/mol. The van der Waals surface area contributed by atoms with E-state index in [4.69, 9.17) is 5.73 Å². The molecule has 29 heavy (non-hydrogen) atoms. The Hall–Kier alpha value is -2.54. The van der Waals surface area contributed by atoms with Gasteiger partial charge in [0.1, 0.15) is 0 Å². The van der Waals surface area contributed by atoms with Crippen LogP contribution in [0.1, 0.15) is 31.4 Å². The summed E-state index contributed by atoms with van der Waals surface area (Å²) in [6.07, 6.45) is -6.17. The third-order valence-corrected chi connectivity index (χ3v) is 5.11. The molecule has 1 aliphatic heterocycles. The first kappa shape index (κ1) is 19.8. The lowest BCUT2D eigenvalue weighted by Gasteiger charge is -2.48. The zero-order valence-electron chi connectivity index (χ0n) is 14.6. The molecule has 0 spiro atoms. The van der Waals surface area contributed by atoms with Crippen LogP contribution in [0.4, 0.5) is 30.7 Å². The summed E-state index contributed by atoms with van der Waals surface area (Å²) in [5.41, 5.74) is 4.48. The molecule has 1 aromatic heterocycles. The first-order valence-corrected chi connectivity index (χ1v) is 8.65. The minimum Gasteiger partial charge on any atom is -0.369 e. The lowest BCUT2D eigenvalue weighted by atomic mass is 9.76. The fourth-order valence-corrected chi connectivity index (χ4v) is 3.63. The first-order chi connectivity index (χ1) is 13.3. The Bertz CT molecular complexity index is 859. The van der Waals surface area contributed by atoms with Gasteiger partial charge in [0.05, 0.1) is 6.04 Å². The van der Waals surface area contributed by atoms with Crippen LogP contribution in [-0.4, -0.2) is 39.6 Å². The van der Waals surface area contributed by atoms with Crippen molar-refractivity contribution in [3.63, 3.8) is 0 Å². The molecule has 2 heterocycles. The second kappa shape index (κ2) is 5.98. The second-order valence-corrected chi connectivity index (χ2v) is 7.47. The Morgan fingerprint density at radius 2 is 1.72 bits per heavy atom. The average Bonchev–Trinajstić information content (AvgIpc) is 3.00. The maximum atomic E-state index is 13.5. The highest BCUT2D eigenvalue weighted by Crippen LogP contribution is 2.50. The van der Waals surface area contributed by atoms with Gasteiger partial charge in [-0.15, -0.1) is 0 Å². The van der Waals surface area contributed by atoms with E-state index < -0.39 is 67.1 Å². The lowest BCUT2D eigenvalue weighted by Crippen LogP contribution is -2.67. The van der Waals surface area contributed by atoms with E-state index in [1.54, 1.807) is 0 Å². The smallest absolute Gasteiger partial charge is 0.369 e. The van der Waals surface area contributed by atoms with E-state index >= 15 is 0 Å². The Kier molecular flexibility index (Phi) is 4.08. The first-order valence-electron chi connectivity index (χ1n) is 8.65. The summed E-state index contributed by atoms with van der Waals surface area (Å²) in [5.74, 6) is -9.18. The van der Waals surface area contributed by atoms with Gasteiger partial charge in [0, 0.05) is 37.8 Å². The van der Waals surface area contributed by atoms with Crippen molar-refractivity contribution in [3.8, 4) is 0 Å². The van der Waals surface area contributed by atoms with Crippen molar-refractivity contribution in [1.82, 2.24) is 20.4 Å². The van der Waals surface area contributed by atoms with Gasteiger partial charge < -0.3 is 11.1 Å². The quantitative estimate of drug-likeness (QED) is 0.645. The number of hydrogen-bond acceptors (Lipinski definition) is 4. The predicted octanol–water partition coefficient (Wildman–Crippen LogP) is 2.22. The van der Waals surface area contributed by atoms with E-state index in [0.29, 0.717) is 6.07 Å². The van der Waals surface area contributed by atoms with Crippen LogP contribution in [0.5, 0.6) is 0 Å². The van der Waals surface area contributed by atoms with E-state index in [-0.39, 0.29) is 11.9 Å². The largest absolute Gasteiger partial charge is 0.435 e. The molecule has 7 nitrogen and oxygen atoms in total. The maximum Gasteiger partial charge on any atom is 0.435 e. The van der Waals surface area contributed by atoms with Gasteiger partial charge in [0.2, 0.25) is 17.7 Å². The third-order valence-electron chi connectivity index (χ3n) is 5.11. The topological polar surface area (TPSA) is 92.6 Å². The summed E-state index contributed by atoms with van der Waals surface area (Å²) in [6, 6.07) is -0.0770. The summed E-state index contributed by atoms with van der Waals surface area (Å²) in [4.78, 5) is 8.08. The van der Waals surface area contributed by atoms with E-state index in [0.717, 1.165) is 10.9 Å². The molecule has 160 valence electrons. The number of nitrogens with one attached hydrogen (secondary N) is 2. The maximum absolute atomic E-state index is 13.5. The molecule has 3 aliphatic rings. The molecule has 2 aliphatic carbocycles. The predicted molar refractivity (Wildman–Crippen MR) is 86.2 cm³/mol. The van der Waals surface area contributed by atoms with Crippen molar-refractivity contribution in [2.75, 3.05) is 0 Å². The summed E-state index contributed by atoms with van der Waals surface area (Å²) < 4.78 is 92.9. The van der Waals surface area contributed by atoms with E-state index in [9.17, 15) is 30.7 Å². The lowest BCUT2D eigenvalue weighted by molar-refractivity contribution is -0.152. The molecule has 1 aromatic rings. The molecule has 0 amide bonds. The molecule has 2 fully saturated rings. The summed E-state index contributed by atoms with van der Waals surface area (Å²) >= 11 is 0. The summed E-state index contributed by atoms with van der Waals surface area (Å²) in [6.45, 7) is 0. The van der Waals surface area contributed by atoms with Crippen LogP contribution in [0.3, 0.4) is 0 Å². The van der Waals surface area contributed by atoms with E-state index in [2.05, 4.69) is 25.7 Å². The van der Waals surface area contributed by atoms with Crippen LogP contribution in [0.2, 0.25) is 0 Å². The van der Waals surface area contributed by atoms with Crippen molar-refractivity contribution in [2.24, 2.45) is 21.6 Å². The van der Waals surface area contributed by atoms with Gasteiger partial charge in [-0.05, 0) is 6.07 Å². The highest BCUT2D eigenvalue weighted by molar-refractivity contribution is 6.00. The van der Waals surface area contributed by atoms with Crippen molar-refractivity contribution >= 4 is 11.9 Å². The van der Waals surface area contributed by atoms with Crippen molar-refractivity contribution in [3.05, 3.63) is 18.0 Å². The molecular formula is C15H16F7N7. The minimum atomic E-state index is -4.76. The fraction of sp³-hybridized carbons (Fsp3) is 0.667. The Labute approximate surface area is 159 Å². The number of halogens is 7. The molecule has 4 N–H and O–H groups in total. The summed E-state index contributed by atoms with van der Waals surface area (Å²) in [7, 11) is 0.